The van der Waals surface area contributed by atoms with E-state index in [-0.39, 0.29) is 11.7 Å². The highest BCUT2D eigenvalue weighted by Crippen LogP contribution is 2.40. The van der Waals surface area contributed by atoms with Crippen molar-refractivity contribution in [1.82, 2.24) is 0 Å². The van der Waals surface area contributed by atoms with Crippen LogP contribution in [-0.2, 0) is 0 Å². The maximum Gasteiger partial charge on any atom is 0.265 e. The summed E-state index contributed by atoms with van der Waals surface area (Å²) in [6.07, 6.45) is 0. The molecule has 0 spiro atoms. The minimum Gasteiger partial charge on any atom is -0.493 e. The average molecular weight is 335 g/mol. The number of amides is 1. The summed E-state index contributed by atoms with van der Waals surface area (Å²) in [4.78, 5) is 24.6. The second kappa shape index (κ2) is 7.15. The van der Waals surface area contributed by atoms with Crippen molar-refractivity contribution in [2.45, 2.75) is 6.92 Å². The Bertz CT molecular complexity index is 713. The molecular formula is C16H17NO5S. The summed E-state index contributed by atoms with van der Waals surface area (Å²) >= 11 is 1.15. The van der Waals surface area contributed by atoms with Crippen molar-refractivity contribution in [3.63, 3.8) is 0 Å². The lowest BCUT2D eigenvalue weighted by Gasteiger charge is -2.14. The molecule has 0 aliphatic rings. The van der Waals surface area contributed by atoms with Crippen molar-refractivity contribution in [3.8, 4) is 17.2 Å². The lowest BCUT2D eigenvalue weighted by Crippen LogP contribution is -2.10. The number of nitrogens with one attached hydrogen (secondary N) is 1. The van der Waals surface area contributed by atoms with Crippen molar-refractivity contribution in [2.75, 3.05) is 26.6 Å². The van der Waals surface area contributed by atoms with Gasteiger partial charge < -0.3 is 19.5 Å². The zero-order valence-electron chi connectivity index (χ0n) is 13.3. The van der Waals surface area contributed by atoms with Gasteiger partial charge in [0.1, 0.15) is 0 Å². The molecule has 6 nitrogen and oxygen atoms in total. The second-order valence-electron chi connectivity index (χ2n) is 4.59. The first-order chi connectivity index (χ1) is 11.0. The van der Waals surface area contributed by atoms with Gasteiger partial charge in [0.05, 0.1) is 31.1 Å². The van der Waals surface area contributed by atoms with Crippen LogP contribution in [0.3, 0.4) is 0 Å². The number of rotatable bonds is 6. The molecule has 23 heavy (non-hydrogen) atoms. The molecule has 1 aromatic heterocycles. The van der Waals surface area contributed by atoms with Crippen LogP contribution in [0.25, 0.3) is 0 Å². The summed E-state index contributed by atoms with van der Waals surface area (Å²) in [5.41, 5.74) is 0.502. The van der Waals surface area contributed by atoms with Crippen LogP contribution in [0, 0.1) is 0 Å². The van der Waals surface area contributed by atoms with Gasteiger partial charge in [-0.1, -0.05) is 0 Å². The van der Waals surface area contributed by atoms with Crippen LogP contribution in [0.4, 0.5) is 5.69 Å². The molecule has 1 amide bonds. The zero-order chi connectivity index (χ0) is 17.0. The van der Waals surface area contributed by atoms with Gasteiger partial charge in [-0.15, -0.1) is 11.3 Å². The fourth-order valence-electron chi connectivity index (χ4n) is 2.00. The number of thiophene rings is 1. The van der Waals surface area contributed by atoms with E-state index in [1.807, 2.05) is 0 Å². The third kappa shape index (κ3) is 3.62. The predicted molar refractivity (Wildman–Crippen MR) is 88.4 cm³/mol. The van der Waals surface area contributed by atoms with Crippen LogP contribution < -0.4 is 19.5 Å². The SMILES string of the molecule is COc1cc(NC(=O)c2ccc(C(C)=O)s2)cc(OC)c1OC. The Kier molecular flexibility index (Phi) is 5.23. The predicted octanol–water partition coefficient (Wildman–Crippen LogP) is 3.23. The van der Waals surface area contributed by atoms with Crippen molar-refractivity contribution in [2.24, 2.45) is 0 Å². The zero-order valence-corrected chi connectivity index (χ0v) is 14.1. The summed E-state index contributed by atoms with van der Waals surface area (Å²) in [5.74, 6) is 0.956. The van der Waals surface area contributed by atoms with Gasteiger partial charge in [-0.3, -0.25) is 9.59 Å². The molecule has 0 atom stereocenters. The molecule has 0 bridgehead atoms. The monoisotopic (exact) mass is 335 g/mol. The van der Waals surface area contributed by atoms with Crippen molar-refractivity contribution >= 4 is 28.7 Å². The van der Waals surface area contributed by atoms with Gasteiger partial charge in [0.2, 0.25) is 5.75 Å². The third-order valence-electron chi connectivity index (χ3n) is 3.10. The highest BCUT2D eigenvalue weighted by molar-refractivity contribution is 7.16. The van der Waals surface area contributed by atoms with Gasteiger partial charge in [0.25, 0.3) is 5.91 Å². The Labute approximate surface area is 138 Å². The van der Waals surface area contributed by atoms with E-state index in [1.165, 1.54) is 28.3 Å². The van der Waals surface area contributed by atoms with Crippen molar-refractivity contribution in [1.29, 1.82) is 0 Å². The molecule has 1 N–H and O–H groups in total. The van der Waals surface area contributed by atoms with Crippen LogP contribution in [0.5, 0.6) is 17.2 Å². The molecule has 1 aromatic carbocycles. The maximum atomic E-state index is 12.3. The molecule has 2 rings (SSSR count). The number of hydrogen-bond donors (Lipinski definition) is 1. The van der Waals surface area contributed by atoms with Gasteiger partial charge in [-0.25, -0.2) is 0 Å². The van der Waals surface area contributed by atoms with Gasteiger partial charge in [0.15, 0.2) is 17.3 Å². The first-order valence-corrected chi connectivity index (χ1v) is 7.54. The van der Waals surface area contributed by atoms with Crippen LogP contribution >= 0.6 is 11.3 Å². The minimum atomic E-state index is -0.309. The molecule has 0 saturated carbocycles. The average Bonchev–Trinajstić information content (AvgIpc) is 3.04. The van der Waals surface area contributed by atoms with Gasteiger partial charge in [-0.05, 0) is 19.1 Å². The number of anilines is 1. The Morgan fingerprint density at radius 3 is 1.96 bits per heavy atom. The number of hydrogen-bond acceptors (Lipinski definition) is 6. The lowest BCUT2D eigenvalue weighted by molar-refractivity contribution is 0.101. The Hall–Kier alpha value is -2.54. The molecule has 0 radical (unpaired) electrons. The van der Waals surface area contributed by atoms with E-state index < -0.39 is 0 Å². The van der Waals surface area contributed by atoms with Crippen LogP contribution in [-0.4, -0.2) is 33.0 Å². The third-order valence-corrected chi connectivity index (χ3v) is 4.28. The number of Topliss-reactive ketones (excluding diaryl/α,β-unsaturated/α-hetero) is 1. The summed E-state index contributed by atoms with van der Waals surface area (Å²) < 4.78 is 15.7. The van der Waals surface area contributed by atoms with E-state index >= 15 is 0 Å². The van der Waals surface area contributed by atoms with Crippen molar-refractivity contribution in [3.05, 3.63) is 34.0 Å². The van der Waals surface area contributed by atoms with Crippen LogP contribution in [0.1, 0.15) is 26.3 Å². The summed E-state index contributed by atoms with van der Waals surface area (Å²) in [5, 5.41) is 2.76. The number of ketones is 1. The summed E-state index contributed by atoms with van der Waals surface area (Å²) in [7, 11) is 4.51. The Morgan fingerprint density at radius 1 is 0.957 bits per heavy atom. The van der Waals surface area contributed by atoms with E-state index in [4.69, 9.17) is 14.2 Å². The summed E-state index contributed by atoms with van der Waals surface area (Å²) in [6.45, 7) is 1.46. The first-order valence-electron chi connectivity index (χ1n) is 6.72. The molecule has 0 fully saturated rings. The van der Waals surface area contributed by atoms with E-state index in [9.17, 15) is 9.59 Å². The molecule has 0 aliphatic heterocycles. The molecule has 122 valence electrons. The van der Waals surface area contributed by atoms with E-state index in [0.29, 0.717) is 32.7 Å². The summed E-state index contributed by atoms with van der Waals surface area (Å²) in [6, 6.07) is 6.53. The second-order valence-corrected chi connectivity index (χ2v) is 5.67. The van der Waals surface area contributed by atoms with Crippen molar-refractivity contribution < 1.29 is 23.8 Å². The lowest BCUT2D eigenvalue weighted by atomic mass is 10.2. The Balaban J connectivity index is 2.28. The quantitative estimate of drug-likeness (QED) is 0.821. The van der Waals surface area contributed by atoms with E-state index in [0.717, 1.165) is 11.3 Å². The van der Waals surface area contributed by atoms with E-state index in [2.05, 4.69) is 5.32 Å². The van der Waals surface area contributed by atoms with Crippen LogP contribution in [0.2, 0.25) is 0 Å². The maximum absolute atomic E-state index is 12.3. The van der Waals surface area contributed by atoms with Gasteiger partial charge in [0, 0.05) is 17.8 Å². The smallest absolute Gasteiger partial charge is 0.265 e. The van der Waals surface area contributed by atoms with Gasteiger partial charge >= 0.3 is 0 Å². The van der Waals surface area contributed by atoms with E-state index in [1.54, 1.807) is 24.3 Å². The molecule has 1 heterocycles. The normalized spacial score (nSPS) is 10.1. The largest absolute Gasteiger partial charge is 0.493 e. The highest BCUT2D eigenvalue weighted by atomic mass is 32.1. The Morgan fingerprint density at radius 2 is 1.52 bits per heavy atom. The number of carbonyl (C=O) groups is 2. The molecule has 7 heteroatoms. The molecule has 0 aliphatic carbocycles. The standard InChI is InChI=1S/C16H17NO5S/c1-9(18)13-5-6-14(23-13)16(19)17-10-7-11(20-2)15(22-4)12(8-10)21-3/h5-8H,1-4H3,(H,17,19). The minimum absolute atomic E-state index is 0.0677. The molecule has 0 saturated heterocycles. The topological polar surface area (TPSA) is 73.9 Å². The first kappa shape index (κ1) is 16.8. The fraction of sp³-hybridized carbons (Fsp3) is 0.250. The number of ether oxygens (including phenoxy) is 3. The molecular weight excluding hydrogens is 318 g/mol. The molecule has 0 unspecified atom stereocenters. The number of methoxy groups -OCH3 is 3. The van der Waals surface area contributed by atoms with Gasteiger partial charge in [-0.2, -0.15) is 0 Å². The number of benzene rings is 1. The van der Waals surface area contributed by atoms with Crippen LogP contribution in [0.15, 0.2) is 24.3 Å². The number of carbonyl (C=O) groups excluding carboxylic acids is 2. The molecule has 2 aromatic rings. The fourth-order valence-corrected chi connectivity index (χ4v) is 2.79. The highest BCUT2D eigenvalue weighted by Gasteiger charge is 2.16.